The summed E-state index contributed by atoms with van der Waals surface area (Å²) in [5.74, 6) is -1.51. The van der Waals surface area contributed by atoms with E-state index in [9.17, 15) is 18.7 Å². The Balaban J connectivity index is 1.85. The summed E-state index contributed by atoms with van der Waals surface area (Å²) in [4.78, 5) is 19.3. The lowest BCUT2D eigenvalue weighted by molar-refractivity contribution is 0.111. The number of carbonyl (C=O) groups excluding carboxylic acids is 1. The molecule has 0 saturated carbocycles. The summed E-state index contributed by atoms with van der Waals surface area (Å²) in [7, 11) is 0. The van der Waals surface area contributed by atoms with Crippen molar-refractivity contribution in [1.29, 1.82) is 0 Å². The van der Waals surface area contributed by atoms with Crippen molar-refractivity contribution < 1.29 is 18.7 Å². The summed E-state index contributed by atoms with van der Waals surface area (Å²) in [5.41, 5.74) is 8.70. The van der Waals surface area contributed by atoms with Crippen LogP contribution in [0.2, 0.25) is 0 Å². The first-order chi connectivity index (χ1) is 14.3. The second kappa shape index (κ2) is 8.79. The van der Waals surface area contributed by atoms with Gasteiger partial charge in [0.05, 0.1) is 11.9 Å². The van der Waals surface area contributed by atoms with Crippen molar-refractivity contribution >= 4 is 17.8 Å². The molecule has 0 spiro atoms. The number of aryl methyl sites for hydroxylation is 1. The van der Waals surface area contributed by atoms with Gasteiger partial charge in [0.2, 0.25) is 0 Å². The molecule has 0 aliphatic heterocycles. The van der Waals surface area contributed by atoms with E-state index in [0.29, 0.717) is 24.1 Å². The van der Waals surface area contributed by atoms with Gasteiger partial charge >= 0.3 is 0 Å². The Morgan fingerprint density at radius 1 is 1.27 bits per heavy atom. The average Bonchev–Trinajstić information content (AvgIpc) is 2.72. The number of aliphatic hydroxyl groups is 1. The van der Waals surface area contributed by atoms with E-state index < -0.39 is 17.7 Å². The van der Waals surface area contributed by atoms with Gasteiger partial charge in [-0.25, -0.2) is 18.7 Å². The molecule has 4 N–H and O–H groups in total. The van der Waals surface area contributed by atoms with Crippen molar-refractivity contribution in [2.24, 2.45) is 0 Å². The monoisotopic (exact) mass is 410 g/mol. The van der Waals surface area contributed by atoms with Crippen LogP contribution in [-0.4, -0.2) is 21.4 Å². The maximum absolute atomic E-state index is 13.4. The van der Waals surface area contributed by atoms with Crippen LogP contribution in [0.1, 0.15) is 34.6 Å². The van der Waals surface area contributed by atoms with Crippen LogP contribution < -0.4 is 11.1 Å². The van der Waals surface area contributed by atoms with Crippen LogP contribution in [0.3, 0.4) is 0 Å². The second-order valence-electron chi connectivity index (χ2n) is 6.62. The Labute approximate surface area is 172 Å². The zero-order valence-corrected chi connectivity index (χ0v) is 16.2. The van der Waals surface area contributed by atoms with E-state index in [1.54, 1.807) is 12.1 Å². The Bertz CT molecular complexity index is 1100. The minimum atomic E-state index is -1.31. The maximum atomic E-state index is 13.4. The average molecular weight is 410 g/mol. The molecule has 0 amide bonds. The number of benzene rings is 2. The normalized spacial score (nSPS) is 11.7. The van der Waals surface area contributed by atoms with Crippen molar-refractivity contribution in [1.82, 2.24) is 9.97 Å². The first-order valence-corrected chi connectivity index (χ1v) is 9.13. The summed E-state index contributed by atoms with van der Waals surface area (Å²) in [6.45, 7) is 5.72. The largest absolute Gasteiger partial charge is 0.382 e. The smallest absolute Gasteiger partial charge is 0.172 e. The summed E-state index contributed by atoms with van der Waals surface area (Å²) in [5, 5.41) is 13.3. The van der Waals surface area contributed by atoms with E-state index in [1.165, 1.54) is 6.20 Å². The van der Waals surface area contributed by atoms with Gasteiger partial charge in [-0.2, -0.15) is 0 Å². The zero-order chi connectivity index (χ0) is 21.8. The summed E-state index contributed by atoms with van der Waals surface area (Å²) in [6.07, 6.45) is 1.38. The molecule has 0 aliphatic carbocycles. The third-order valence-corrected chi connectivity index (χ3v) is 4.54. The van der Waals surface area contributed by atoms with Gasteiger partial charge in [-0.15, -0.1) is 0 Å². The molecule has 6 nitrogen and oxygen atoms in total. The molecular formula is C22H20F2N4O2. The summed E-state index contributed by atoms with van der Waals surface area (Å²) < 4.78 is 26.8. The van der Waals surface area contributed by atoms with E-state index in [1.807, 2.05) is 13.0 Å². The SMILES string of the molecule is C=C(Nc1ccc(-c2cnc(N)c(C=O)n2)c(CC)c1)C(O)c1cc(F)cc(F)c1. The van der Waals surface area contributed by atoms with Crippen molar-refractivity contribution in [2.45, 2.75) is 19.4 Å². The highest BCUT2D eigenvalue weighted by Crippen LogP contribution is 2.29. The molecule has 1 heterocycles. The molecule has 3 rings (SSSR count). The molecule has 0 aliphatic rings. The predicted molar refractivity (Wildman–Crippen MR) is 111 cm³/mol. The van der Waals surface area contributed by atoms with Gasteiger partial charge in [0.25, 0.3) is 0 Å². The van der Waals surface area contributed by atoms with Gasteiger partial charge < -0.3 is 16.2 Å². The molecule has 1 unspecified atom stereocenters. The number of nitrogens with two attached hydrogens (primary N) is 1. The maximum Gasteiger partial charge on any atom is 0.172 e. The number of nitrogen functional groups attached to an aromatic ring is 1. The molecular weight excluding hydrogens is 390 g/mol. The van der Waals surface area contributed by atoms with Crippen LogP contribution in [0.4, 0.5) is 20.3 Å². The molecule has 0 fully saturated rings. The van der Waals surface area contributed by atoms with Crippen LogP contribution in [0, 0.1) is 11.6 Å². The molecule has 3 aromatic rings. The third-order valence-electron chi connectivity index (χ3n) is 4.54. The van der Waals surface area contributed by atoms with Crippen molar-refractivity contribution in [3.8, 4) is 11.3 Å². The molecule has 30 heavy (non-hydrogen) atoms. The fourth-order valence-corrected chi connectivity index (χ4v) is 3.03. The second-order valence-corrected chi connectivity index (χ2v) is 6.62. The quantitative estimate of drug-likeness (QED) is 0.508. The van der Waals surface area contributed by atoms with Crippen molar-refractivity contribution in [3.63, 3.8) is 0 Å². The Kier molecular flexibility index (Phi) is 6.17. The fourth-order valence-electron chi connectivity index (χ4n) is 3.03. The number of carbonyl (C=O) groups is 1. The first kappa shape index (κ1) is 21.1. The number of anilines is 2. The predicted octanol–water partition coefficient (Wildman–Crippen LogP) is 4.04. The van der Waals surface area contributed by atoms with Gasteiger partial charge in [-0.3, -0.25) is 4.79 Å². The molecule has 0 saturated heterocycles. The van der Waals surface area contributed by atoms with Crippen molar-refractivity contribution in [2.75, 3.05) is 11.1 Å². The topological polar surface area (TPSA) is 101 Å². The highest BCUT2D eigenvalue weighted by molar-refractivity contribution is 5.80. The number of aliphatic hydroxyl groups excluding tert-OH is 1. The fraction of sp³-hybridized carbons (Fsp3) is 0.136. The first-order valence-electron chi connectivity index (χ1n) is 9.13. The van der Waals surface area contributed by atoms with E-state index in [-0.39, 0.29) is 22.8 Å². The summed E-state index contributed by atoms with van der Waals surface area (Å²) >= 11 is 0. The van der Waals surface area contributed by atoms with Crippen LogP contribution in [0.25, 0.3) is 11.3 Å². The molecule has 1 atom stereocenters. The molecule has 8 heteroatoms. The lowest BCUT2D eigenvalue weighted by atomic mass is 10.0. The van der Waals surface area contributed by atoms with Gasteiger partial charge in [-0.05, 0) is 41.8 Å². The van der Waals surface area contributed by atoms with Crippen molar-refractivity contribution in [3.05, 3.63) is 83.3 Å². The Morgan fingerprint density at radius 3 is 2.60 bits per heavy atom. The molecule has 1 aromatic heterocycles. The molecule has 0 bridgehead atoms. The highest BCUT2D eigenvalue weighted by atomic mass is 19.1. The Hall–Kier alpha value is -3.65. The number of hydrogen-bond acceptors (Lipinski definition) is 6. The van der Waals surface area contributed by atoms with Crippen LogP contribution in [0.15, 0.2) is 54.9 Å². The lowest BCUT2D eigenvalue weighted by Gasteiger charge is -2.18. The third kappa shape index (κ3) is 4.49. The summed E-state index contributed by atoms with van der Waals surface area (Å²) in [6, 6.07) is 8.18. The van der Waals surface area contributed by atoms with Gasteiger partial charge in [0.15, 0.2) is 12.1 Å². The van der Waals surface area contributed by atoms with E-state index in [4.69, 9.17) is 5.73 Å². The number of nitrogens with zero attached hydrogens (tertiary/aromatic N) is 2. The number of aldehydes is 1. The van der Waals surface area contributed by atoms with Crippen LogP contribution >= 0.6 is 0 Å². The number of nitrogens with one attached hydrogen (secondary N) is 1. The Morgan fingerprint density at radius 2 is 1.97 bits per heavy atom. The van der Waals surface area contributed by atoms with E-state index in [0.717, 1.165) is 29.3 Å². The standard InChI is InChI=1S/C22H20F2N4O2/c1-3-13-8-17(4-5-18(13)19-10-26-22(25)20(11-29)28-19)27-12(2)21(30)14-6-15(23)9-16(24)7-14/h4-11,21,27,30H,2-3H2,1H3,(H2,25,26). The number of halogens is 2. The zero-order valence-electron chi connectivity index (χ0n) is 16.2. The number of rotatable bonds is 7. The molecule has 2 aromatic carbocycles. The van der Waals surface area contributed by atoms with Gasteiger partial charge in [0.1, 0.15) is 23.4 Å². The minimum absolute atomic E-state index is 0.0517. The van der Waals surface area contributed by atoms with Crippen LogP contribution in [-0.2, 0) is 6.42 Å². The van der Waals surface area contributed by atoms with E-state index >= 15 is 0 Å². The molecule has 0 radical (unpaired) electrons. The molecule has 154 valence electrons. The highest BCUT2D eigenvalue weighted by Gasteiger charge is 2.15. The van der Waals surface area contributed by atoms with Gasteiger partial charge in [0, 0.05) is 23.0 Å². The van der Waals surface area contributed by atoms with Crippen LogP contribution in [0.5, 0.6) is 0 Å². The van der Waals surface area contributed by atoms with Gasteiger partial charge in [-0.1, -0.05) is 19.6 Å². The number of aromatic nitrogens is 2. The lowest BCUT2D eigenvalue weighted by Crippen LogP contribution is -2.10. The minimum Gasteiger partial charge on any atom is -0.382 e. The van der Waals surface area contributed by atoms with E-state index in [2.05, 4.69) is 21.9 Å². The number of hydrogen-bond donors (Lipinski definition) is 3.